The maximum absolute atomic E-state index is 12.2. The minimum atomic E-state index is 0.0167. The highest BCUT2D eigenvalue weighted by Gasteiger charge is 2.03. The van der Waals surface area contributed by atoms with Crippen molar-refractivity contribution in [3.63, 3.8) is 0 Å². The fourth-order valence-corrected chi connectivity index (χ4v) is 2.66. The van der Waals surface area contributed by atoms with Crippen LogP contribution in [-0.4, -0.2) is 5.78 Å². The molecule has 0 spiro atoms. The molecule has 0 N–H and O–H groups in total. The lowest BCUT2D eigenvalue weighted by atomic mass is 10.0. The van der Waals surface area contributed by atoms with Crippen LogP contribution < -0.4 is 0 Å². The van der Waals surface area contributed by atoms with Crippen molar-refractivity contribution in [1.29, 1.82) is 0 Å². The summed E-state index contributed by atoms with van der Waals surface area (Å²) in [4.78, 5) is 12.2. The van der Waals surface area contributed by atoms with Crippen LogP contribution >= 0.6 is 22.6 Å². The van der Waals surface area contributed by atoms with Gasteiger partial charge in [0.15, 0.2) is 5.78 Å². The van der Waals surface area contributed by atoms with E-state index >= 15 is 0 Å². The molecule has 0 aromatic heterocycles. The Morgan fingerprint density at radius 3 is 1.91 bits per heavy atom. The Balaban J connectivity index is 1.75. The molecule has 0 saturated carbocycles. The van der Waals surface area contributed by atoms with E-state index in [1.54, 1.807) is 6.08 Å². The normalized spacial score (nSPS) is 10.8. The van der Waals surface area contributed by atoms with E-state index in [1.165, 1.54) is 3.57 Å². The van der Waals surface area contributed by atoms with Gasteiger partial charge < -0.3 is 0 Å². The number of hydrogen-bond acceptors (Lipinski definition) is 1. The summed E-state index contributed by atoms with van der Waals surface area (Å²) in [7, 11) is 0. The Hall–Kier alpha value is -2.20. The Morgan fingerprint density at radius 2 is 1.30 bits per heavy atom. The van der Waals surface area contributed by atoms with E-state index in [9.17, 15) is 4.79 Å². The number of rotatable bonds is 4. The Labute approximate surface area is 149 Å². The summed E-state index contributed by atoms with van der Waals surface area (Å²) in [5, 5.41) is 0. The van der Waals surface area contributed by atoms with Gasteiger partial charge in [0, 0.05) is 9.13 Å². The Morgan fingerprint density at radius 1 is 0.739 bits per heavy atom. The molecule has 0 amide bonds. The van der Waals surface area contributed by atoms with E-state index in [0.29, 0.717) is 5.56 Å². The molecular weight excluding hydrogens is 395 g/mol. The molecular formula is C21H15IO. The van der Waals surface area contributed by atoms with Crippen LogP contribution in [0.3, 0.4) is 0 Å². The minimum absolute atomic E-state index is 0.0167. The van der Waals surface area contributed by atoms with Gasteiger partial charge in [-0.05, 0) is 57.5 Å². The summed E-state index contributed by atoms with van der Waals surface area (Å²) in [5.41, 5.74) is 4.00. The van der Waals surface area contributed by atoms with E-state index < -0.39 is 0 Å². The second-order valence-electron chi connectivity index (χ2n) is 5.19. The van der Waals surface area contributed by atoms with Crippen molar-refractivity contribution in [2.45, 2.75) is 0 Å². The van der Waals surface area contributed by atoms with Gasteiger partial charge in [-0.1, -0.05) is 72.8 Å². The molecule has 2 heteroatoms. The van der Waals surface area contributed by atoms with Gasteiger partial charge in [0.05, 0.1) is 0 Å². The van der Waals surface area contributed by atoms with Gasteiger partial charge in [0.1, 0.15) is 0 Å². The highest BCUT2D eigenvalue weighted by atomic mass is 127. The molecule has 112 valence electrons. The van der Waals surface area contributed by atoms with E-state index in [0.717, 1.165) is 16.7 Å². The molecule has 0 aliphatic rings. The predicted molar refractivity (Wildman–Crippen MR) is 104 cm³/mol. The van der Waals surface area contributed by atoms with Crippen molar-refractivity contribution >= 4 is 34.5 Å². The molecule has 0 aliphatic heterocycles. The molecule has 23 heavy (non-hydrogen) atoms. The molecule has 3 aromatic rings. The lowest BCUT2D eigenvalue weighted by Gasteiger charge is -2.03. The number of hydrogen-bond donors (Lipinski definition) is 0. The van der Waals surface area contributed by atoms with Crippen LogP contribution in [-0.2, 0) is 0 Å². The third-order valence-corrected chi connectivity index (χ3v) is 4.29. The average Bonchev–Trinajstić information content (AvgIpc) is 2.61. The molecule has 3 aromatic carbocycles. The molecule has 0 fully saturated rings. The van der Waals surface area contributed by atoms with Gasteiger partial charge in [0.2, 0.25) is 0 Å². The SMILES string of the molecule is O=C(/C=C/c1ccccc1)c1ccc(-c2ccc(I)cc2)cc1. The van der Waals surface area contributed by atoms with Crippen LogP contribution in [0, 0.1) is 3.57 Å². The number of allylic oxidation sites excluding steroid dienone is 1. The van der Waals surface area contributed by atoms with Gasteiger partial charge in [-0.15, -0.1) is 0 Å². The van der Waals surface area contributed by atoms with E-state index in [-0.39, 0.29) is 5.78 Å². The van der Waals surface area contributed by atoms with E-state index in [4.69, 9.17) is 0 Å². The summed E-state index contributed by atoms with van der Waals surface area (Å²) in [6.45, 7) is 0. The molecule has 3 rings (SSSR count). The first-order valence-corrected chi connectivity index (χ1v) is 8.44. The van der Waals surface area contributed by atoms with Gasteiger partial charge in [0.25, 0.3) is 0 Å². The average molecular weight is 410 g/mol. The first-order valence-electron chi connectivity index (χ1n) is 7.36. The number of ketones is 1. The van der Waals surface area contributed by atoms with Crippen molar-refractivity contribution < 1.29 is 4.79 Å². The second kappa shape index (κ2) is 7.38. The van der Waals surface area contributed by atoms with E-state index in [1.807, 2.05) is 60.7 Å². The lowest BCUT2D eigenvalue weighted by Crippen LogP contribution is -1.93. The van der Waals surface area contributed by atoms with Crippen LogP contribution in [0.1, 0.15) is 15.9 Å². The first-order chi connectivity index (χ1) is 11.2. The lowest BCUT2D eigenvalue weighted by molar-refractivity contribution is 0.104. The monoisotopic (exact) mass is 410 g/mol. The van der Waals surface area contributed by atoms with Crippen molar-refractivity contribution in [2.24, 2.45) is 0 Å². The number of carbonyl (C=O) groups excluding carboxylic acids is 1. The molecule has 0 radical (unpaired) electrons. The quantitative estimate of drug-likeness (QED) is 0.299. The minimum Gasteiger partial charge on any atom is -0.289 e. The second-order valence-corrected chi connectivity index (χ2v) is 6.44. The maximum Gasteiger partial charge on any atom is 0.185 e. The van der Waals surface area contributed by atoms with Gasteiger partial charge >= 0.3 is 0 Å². The molecule has 0 bridgehead atoms. The van der Waals surface area contributed by atoms with Crippen LogP contribution in [0.15, 0.2) is 84.9 Å². The number of benzene rings is 3. The molecule has 1 nitrogen and oxygen atoms in total. The largest absolute Gasteiger partial charge is 0.289 e. The summed E-state index contributed by atoms with van der Waals surface area (Å²) in [5.74, 6) is 0.0167. The molecule has 0 aliphatic carbocycles. The van der Waals surface area contributed by atoms with Crippen molar-refractivity contribution in [3.05, 3.63) is 99.6 Å². The summed E-state index contributed by atoms with van der Waals surface area (Å²) >= 11 is 2.29. The summed E-state index contributed by atoms with van der Waals surface area (Å²) < 4.78 is 1.21. The zero-order chi connectivity index (χ0) is 16.1. The van der Waals surface area contributed by atoms with Crippen LogP contribution in [0.4, 0.5) is 0 Å². The number of halogens is 1. The van der Waals surface area contributed by atoms with Crippen LogP contribution in [0.5, 0.6) is 0 Å². The smallest absolute Gasteiger partial charge is 0.185 e. The molecule has 0 unspecified atom stereocenters. The van der Waals surface area contributed by atoms with Gasteiger partial charge in [-0.2, -0.15) is 0 Å². The summed E-state index contributed by atoms with van der Waals surface area (Å²) in [6.07, 6.45) is 3.46. The molecule has 0 atom stereocenters. The predicted octanol–water partition coefficient (Wildman–Crippen LogP) is 5.85. The zero-order valence-electron chi connectivity index (χ0n) is 12.4. The third-order valence-electron chi connectivity index (χ3n) is 3.57. The van der Waals surface area contributed by atoms with Crippen LogP contribution in [0.2, 0.25) is 0 Å². The molecule has 0 saturated heterocycles. The van der Waals surface area contributed by atoms with Gasteiger partial charge in [-0.3, -0.25) is 4.79 Å². The maximum atomic E-state index is 12.2. The Bertz CT molecular complexity index is 816. The van der Waals surface area contributed by atoms with Crippen LogP contribution in [0.25, 0.3) is 17.2 Å². The zero-order valence-corrected chi connectivity index (χ0v) is 14.6. The first kappa shape index (κ1) is 15.7. The summed E-state index contributed by atoms with van der Waals surface area (Å²) in [6, 6.07) is 25.9. The Kier molecular flexibility index (Phi) is 5.03. The van der Waals surface area contributed by atoms with E-state index in [2.05, 4.69) is 46.9 Å². The van der Waals surface area contributed by atoms with Crippen molar-refractivity contribution in [2.75, 3.05) is 0 Å². The number of carbonyl (C=O) groups is 1. The van der Waals surface area contributed by atoms with Gasteiger partial charge in [-0.25, -0.2) is 0 Å². The fourth-order valence-electron chi connectivity index (χ4n) is 2.30. The highest BCUT2D eigenvalue weighted by molar-refractivity contribution is 14.1. The van der Waals surface area contributed by atoms with Crippen molar-refractivity contribution in [1.82, 2.24) is 0 Å². The highest BCUT2D eigenvalue weighted by Crippen LogP contribution is 2.21. The standard InChI is InChI=1S/C21H15IO/c22-20-13-11-18(12-14-20)17-7-9-19(10-8-17)21(23)15-6-16-4-2-1-3-5-16/h1-15H/b15-6+. The molecule has 0 heterocycles. The van der Waals surface area contributed by atoms with Crippen molar-refractivity contribution in [3.8, 4) is 11.1 Å². The third kappa shape index (κ3) is 4.17. The topological polar surface area (TPSA) is 17.1 Å². The fraction of sp³-hybridized carbons (Fsp3) is 0.